The average Bonchev–Trinajstić information content (AvgIpc) is 3.18. The molecule has 1 atom stereocenters. The van der Waals surface area contributed by atoms with E-state index in [-0.39, 0.29) is 36.0 Å². The Hall–Kier alpha value is -0.120. The highest BCUT2D eigenvalue weighted by atomic mass is 127. The van der Waals surface area contributed by atoms with E-state index in [4.69, 9.17) is 4.74 Å². The normalized spacial score (nSPS) is 28.6. The van der Waals surface area contributed by atoms with Gasteiger partial charge in [-0.2, -0.15) is 0 Å². The molecule has 2 aliphatic heterocycles. The molecule has 0 amide bonds. The molecule has 0 radical (unpaired) electrons. The van der Waals surface area contributed by atoms with Crippen LogP contribution >= 0.6 is 24.0 Å². The molecule has 1 aliphatic carbocycles. The summed E-state index contributed by atoms with van der Waals surface area (Å²) in [4.78, 5) is 7.25. The third-order valence-electron chi connectivity index (χ3n) is 7.08. The van der Waals surface area contributed by atoms with Gasteiger partial charge in [0.2, 0.25) is 0 Å². The summed E-state index contributed by atoms with van der Waals surface area (Å²) in [6.45, 7) is 6.05. The summed E-state index contributed by atoms with van der Waals surface area (Å²) in [7, 11) is 1.85. The van der Waals surface area contributed by atoms with E-state index in [0.29, 0.717) is 5.54 Å². The van der Waals surface area contributed by atoms with Crippen molar-refractivity contribution in [2.75, 3.05) is 53.0 Å². The number of guanidine groups is 1. The van der Waals surface area contributed by atoms with Gasteiger partial charge in [-0.25, -0.2) is 0 Å². The number of aliphatic hydroxyl groups is 1. The van der Waals surface area contributed by atoms with Gasteiger partial charge < -0.3 is 20.5 Å². The molecule has 0 aromatic rings. The number of rotatable bonds is 7. The lowest BCUT2D eigenvalue weighted by Crippen LogP contribution is -2.59. The van der Waals surface area contributed by atoms with Crippen LogP contribution in [-0.4, -0.2) is 74.6 Å². The van der Waals surface area contributed by atoms with Crippen LogP contribution in [0.5, 0.6) is 0 Å². The van der Waals surface area contributed by atoms with E-state index in [1.807, 2.05) is 7.05 Å². The molecule has 2 saturated heterocycles. The molecule has 1 unspecified atom stereocenters. The molecule has 164 valence electrons. The van der Waals surface area contributed by atoms with Gasteiger partial charge in [0.05, 0.1) is 6.61 Å². The second kappa shape index (κ2) is 11.9. The Bertz CT molecular complexity index is 471. The molecule has 0 bridgehead atoms. The summed E-state index contributed by atoms with van der Waals surface area (Å²) >= 11 is 0. The summed E-state index contributed by atoms with van der Waals surface area (Å²) in [5, 5.41) is 16.6. The minimum atomic E-state index is 0. The van der Waals surface area contributed by atoms with Gasteiger partial charge in [0.25, 0.3) is 0 Å². The van der Waals surface area contributed by atoms with Crippen molar-refractivity contribution in [2.24, 2.45) is 10.4 Å². The molecule has 28 heavy (non-hydrogen) atoms. The van der Waals surface area contributed by atoms with E-state index in [2.05, 4.69) is 20.5 Å². The Morgan fingerprint density at radius 3 is 2.29 bits per heavy atom. The topological polar surface area (TPSA) is 69.1 Å². The van der Waals surface area contributed by atoms with Crippen molar-refractivity contribution in [3.8, 4) is 0 Å². The summed E-state index contributed by atoms with van der Waals surface area (Å²) in [6.07, 6.45) is 12.6. The fourth-order valence-corrected chi connectivity index (χ4v) is 5.23. The van der Waals surface area contributed by atoms with Gasteiger partial charge in [0, 0.05) is 44.3 Å². The second-order valence-electron chi connectivity index (χ2n) is 8.89. The number of ether oxygens (including phenoxy) is 1. The lowest BCUT2D eigenvalue weighted by molar-refractivity contribution is 0.0367. The van der Waals surface area contributed by atoms with Crippen molar-refractivity contribution < 1.29 is 9.84 Å². The number of hydrogen-bond acceptors (Lipinski definition) is 4. The van der Waals surface area contributed by atoms with Crippen LogP contribution in [0.25, 0.3) is 0 Å². The molecule has 3 fully saturated rings. The molecule has 0 spiro atoms. The first-order chi connectivity index (χ1) is 13.2. The Labute approximate surface area is 188 Å². The monoisotopic (exact) mass is 508 g/mol. The van der Waals surface area contributed by atoms with E-state index in [1.165, 1.54) is 64.5 Å². The molecular weight excluding hydrogens is 467 g/mol. The van der Waals surface area contributed by atoms with Crippen molar-refractivity contribution in [3.63, 3.8) is 0 Å². The maximum Gasteiger partial charge on any atom is 0.191 e. The molecule has 7 heteroatoms. The van der Waals surface area contributed by atoms with Crippen LogP contribution in [0.4, 0.5) is 0 Å². The Kier molecular flexibility index (Phi) is 10.3. The molecule has 3 rings (SSSR count). The highest BCUT2D eigenvalue weighted by Gasteiger charge is 2.39. The van der Waals surface area contributed by atoms with Crippen LogP contribution in [0, 0.1) is 5.41 Å². The van der Waals surface area contributed by atoms with E-state index in [9.17, 15) is 5.11 Å². The fourth-order valence-electron chi connectivity index (χ4n) is 5.23. The summed E-state index contributed by atoms with van der Waals surface area (Å²) in [6, 6.07) is 0. The van der Waals surface area contributed by atoms with Crippen LogP contribution in [0.2, 0.25) is 0 Å². The quantitative estimate of drug-likeness (QED) is 0.281. The van der Waals surface area contributed by atoms with Crippen molar-refractivity contribution >= 4 is 29.9 Å². The number of halogens is 1. The summed E-state index contributed by atoms with van der Waals surface area (Å²) in [5.74, 6) is 0.890. The van der Waals surface area contributed by atoms with E-state index in [0.717, 1.165) is 45.1 Å². The van der Waals surface area contributed by atoms with Crippen LogP contribution in [0.15, 0.2) is 4.99 Å². The zero-order chi connectivity index (χ0) is 19.0. The Balaban J connectivity index is 0.00000280. The third kappa shape index (κ3) is 6.19. The van der Waals surface area contributed by atoms with Gasteiger partial charge in [0.1, 0.15) is 0 Å². The van der Waals surface area contributed by atoms with Crippen LogP contribution in [-0.2, 0) is 4.74 Å². The first-order valence-corrected chi connectivity index (χ1v) is 11.1. The number of nitrogens with one attached hydrogen (secondary N) is 2. The first kappa shape index (κ1) is 24.2. The van der Waals surface area contributed by atoms with Crippen LogP contribution < -0.4 is 10.6 Å². The van der Waals surface area contributed by atoms with Gasteiger partial charge in [-0.15, -0.1) is 24.0 Å². The number of piperidine rings is 1. The minimum Gasteiger partial charge on any atom is -0.396 e. The Morgan fingerprint density at radius 2 is 1.68 bits per heavy atom. The van der Waals surface area contributed by atoms with Crippen LogP contribution in [0.1, 0.15) is 64.2 Å². The predicted octanol–water partition coefficient (Wildman–Crippen LogP) is 2.75. The summed E-state index contributed by atoms with van der Waals surface area (Å²) in [5.41, 5.74) is 0.345. The maximum atomic E-state index is 9.43. The van der Waals surface area contributed by atoms with Crippen molar-refractivity contribution in [1.82, 2.24) is 15.5 Å². The molecule has 3 N–H and O–H groups in total. The first-order valence-electron chi connectivity index (χ1n) is 11.1. The number of aliphatic hydroxyl groups excluding tert-OH is 1. The number of hydrogen-bond donors (Lipinski definition) is 3. The zero-order valence-electron chi connectivity index (χ0n) is 17.7. The third-order valence-corrected chi connectivity index (χ3v) is 7.08. The SMILES string of the molecule is CN=C(NCC1(CCO)CCOC1)NCC1(N2CCCCC2)CCCCC1.I. The second-order valence-corrected chi connectivity index (χ2v) is 8.89. The molecule has 3 aliphatic rings. The number of likely N-dealkylation sites (tertiary alicyclic amines) is 1. The fraction of sp³-hybridized carbons (Fsp3) is 0.952. The average molecular weight is 508 g/mol. The Morgan fingerprint density at radius 1 is 1.00 bits per heavy atom. The van der Waals surface area contributed by atoms with Crippen molar-refractivity contribution in [2.45, 2.75) is 69.7 Å². The van der Waals surface area contributed by atoms with E-state index >= 15 is 0 Å². The summed E-state index contributed by atoms with van der Waals surface area (Å²) < 4.78 is 5.61. The van der Waals surface area contributed by atoms with Gasteiger partial charge >= 0.3 is 0 Å². The van der Waals surface area contributed by atoms with Gasteiger partial charge in [-0.1, -0.05) is 25.7 Å². The van der Waals surface area contributed by atoms with Crippen molar-refractivity contribution in [1.29, 1.82) is 0 Å². The van der Waals surface area contributed by atoms with E-state index in [1.54, 1.807) is 0 Å². The van der Waals surface area contributed by atoms with Gasteiger partial charge in [-0.3, -0.25) is 9.89 Å². The highest BCUT2D eigenvalue weighted by Crippen LogP contribution is 2.35. The molecule has 2 heterocycles. The lowest BCUT2D eigenvalue weighted by atomic mass is 9.79. The predicted molar refractivity (Wildman–Crippen MR) is 126 cm³/mol. The molecule has 1 saturated carbocycles. The van der Waals surface area contributed by atoms with Crippen molar-refractivity contribution in [3.05, 3.63) is 0 Å². The molecule has 0 aromatic heterocycles. The molecule has 6 nitrogen and oxygen atoms in total. The smallest absolute Gasteiger partial charge is 0.191 e. The van der Waals surface area contributed by atoms with Crippen LogP contribution in [0.3, 0.4) is 0 Å². The highest BCUT2D eigenvalue weighted by molar-refractivity contribution is 14.0. The standard InChI is InChI=1S/C21H40N4O2.HI/c1-22-19(23-16-20(10-14-26)11-15-27-18-20)24-17-21(8-4-2-5-9-21)25-12-6-3-7-13-25;/h26H,2-18H2,1H3,(H2,22,23,24);1H. The number of aliphatic imine (C=N–C) groups is 1. The lowest BCUT2D eigenvalue weighted by Gasteiger charge is -2.48. The minimum absolute atomic E-state index is 0. The molecular formula is C21H41IN4O2. The maximum absolute atomic E-state index is 9.43. The van der Waals surface area contributed by atoms with Gasteiger partial charge in [0.15, 0.2) is 5.96 Å². The van der Waals surface area contributed by atoms with E-state index < -0.39 is 0 Å². The number of nitrogens with zero attached hydrogens (tertiary/aromatic N) is 2. The zero-order valence-corrected chi connectivity index (χ0v) is 20.0. The van der Waals surface area contributed by atoms with Gasteiger partial charge in [-0.05, 0) is 51.6 Å². The molecule has 0 aromatic carbocycles. The largest absolute Gasteiger partial charge is 0.396 e.